The molecule has 1 aromatic carbocycles. The molecule has 0 unspecified atom stereocenters. The monoisotopic (exact) mass is 344 g/mol. The predicted molar refractivity (Wildman–Crippen MR) is 93.8 cm³/mol. The summed E-state index contributed by atoms with van der Waals surface area (Å²) in [6, 6.07) is 3.22. The van der Waals surface area contributed by atoms with Gasteiger partial charge < -0.3 is 16.2 Å². The highest BCUT2D eigenvalue weighted by Gasteiger charge is 2.15. The molecule has 0 aliphatic carbocycles. The van der Waals surface area contributed by atoms with Gasteiger partial charge in [-0.15, -0.1) is 0 Å². The van der Waals surface area contributed by atoms with E-state index < -0.39 is 0 Å². The van der Waals surface area contributed by atoms with Crippen LogP contribution < -0.4 is 21.6 Å². The molecule has 0 amide bonds. The quantitative estimate of drug-likeness (QED) is 0.320. The molecule has 5 N–H and O–H groups in total. The lowest BCUT2D eigenvalue weighted by Crippen LogP contribution is -2.20. The second-order valence-electron chi connectivity index (χ2n) is 4.22. The first-order valence-corrected chi connectivity index (χ1v) is 7.85. The van der Waals surface area contributed by atoms with Crippen LogP contribution in [0, 0.1) is 0 Å². The Bertz CT molecular complexity index is 519. The summed E-state index contributed by atoms with van der Waals surface area (Å²) < 4.78 is 5.69. The predicted octanol–water partition coefficient (Wildman–Crippen LogP) is 3.16. The zero-order valence-electron chi connectivity index (χ0n) is 12.8. The maximum absolute atomic E-state index is 5.96. The highest BCUT2D eigenvalue weighted by Crippen LogP contribution is 2.33. The van der Waals surface area contributed by atoms with Gasteiger partial charge in [-0.3, -0.25) is 5.43 Å². The van der Waals surface area contributed by atoms with Gasteiger partial charge in [-0.2, -0.15) is 0 Å². The van der Waals surface area contributed by atoms with Gasteiger partial charge in [0.15, 0.2) is 0 Å². The molecular weight excluding hydrogens is 323 g/mol. The van der Waals surface area contributed by atoms with E-state index in [1.54, 1.807) is 18.2 Å². The van der Waals surface area contributed by atoms with Crippen molar-refractivity contribution >= 4 is 28.9 Å². The first kappa shape index (κ1) is 18.6. The Kier molecular flexibility index (Phi) is 8.12. The van der Waals surface area contributed by atoms with Gasteiger partial charge in [0, 0.05) is 31.8 Å². The molecule has 0 radical (unpaired) electrons. The lowest BCUT2D eigenvalue weighted by molar-refractivity contribution is 0.414. The maximum Gasteiger partial charge on any atom is 0.130 e. The van der Waals surface area contributed by atoms with Crippen LogP contribution >= 0.6 is 23.2 Å². The van der Waals surface area contributed by atoms with E-state index in [9.17, 15) is 0 Å². The molecule has 0 bridgehead atoms. The first-order valence-electron chi connectivity index (χ1n) is 7.09. The van der Waals surface area contributed by atoms with E-state index in [-0.39, 0.29) is 0 Å². The fourth-order valence-electron chi connectivity index (χ4n) is 1.48. The highest BCUT2D eigenvalue weighted by molar-refractivity contribution is 6.39. The van der Waals surface area contributed by atoms with Crippen LogP contribution in [0.25, 0.3) is 0 Å². The molecule has 2 rings (SSSR count). The molecular formula is C15H22Cl2N4O. The number of ether oxygens (including phenoxy) is 1. The van der Waals surface area contributed by atoms with E-state index in [2.05, 4.69) is 10.4 Å². The molecule has 0 saturated carbocycles. The van der Waals surface area contributed by atoms with Crippen molar-refractivity contribution in [3.8, 4) is 5.75 Å². The minimum atomic E-state index is 0.337. The van der Waals surface area contributed by atoms with Gasteiger partial charge in [-0.25, -0.2) is 5.01 Å². The van der Waals surface area contributed by atoms with Crippen molar-refractivity contribution in [3.05, 3.63) is 46.3 Å². The lowest BCUT2D eigenvalue weighted by atomic mass is 10.3. The summed E-state index contributed by atoms with van der Waals surface area (Å²) in [5.74, 6) is 1.10. The summed E-state index contributed by atoms with van der Waals surface area (Å²) in [7, 11) is 0. The second-order valence-corrected chi connectivity index (χ2v) is 5.03. The number of benzene rings is 1. The van der Waals surface area contributed by atoms with Gasteiger partial charge in [0.05, 0.1) is 15.7 Å². The van der Waals surface area contributed by atoms with Gasteiger partial charge in [0.2, 0.25) is 0 Å². The van der Waals surface area contributed by atoms with Crippen molar-refractivity contribution in [2.75, 3.05) is 25.4 Å². The highest BCUT2D eigenvalue weighted by atomic mass is 35.5. The minimum Gasteiger partial charge on any atom is -0.457 e. The standard InChI is InChI=1S/C13H16Cl2N4O.C2H6/c14-11-7-10(8-12(15)13(11)17)20-9(1-3-16)2-4-18-19-5-6-19;1-2/h1-3,7-8,18H,4-6,16-17H2;1-2H3/b3-1-,9-2+;. The zero-order chi connectivity index (χ0) is 16.5. The number of halogens is 2. The van der Waals surface area contributed by atoms with Crippen molar-refractivity contribution in [2.45, 2.75) is 13.8 Å². The zero-order valence-corrected chi connectivity index (χ0v) is 14.3. The van der Waals surface area contributed by atoms with E-state index in [0.717, 1.165) is 13.1 Å². The number of hydrazine groups is 1. The minimum absolute atomic E-state index is 0.337. The van der Waals surface area contributed by atoms with Crippen LogP contribution in [-0.2, 0) is 0 Å². The van der Waals surface area contributed by atoms with Gasteiger partial charge >= 0.3 is 0 Å². The van der Waals surface area contributed by atoms with Crippen molar-refractivity contribution in [3.63, 3.8) is 0 Å². The third kappa shape index (κ3) is 6.15. The number of anilines is 1. The molecule has 0 atom stereocenters. The van der Waals surface area contributed by atoms with E-state index in [0.29, 0.717) is 33.8 Å². The number of nitrogens with zero attached hydrogens (tertiary/aromatic N) is 1. The number of allylic oxidation sites excluding steroid dienone is 1. The number of hydrogen-bond acceptors (Lipinski definition) is 5. The van der Waals surface area contributed by atoms with Gasteiger partial charge in [0.25, 0.3) is 0 Å². The number of rotatable bonds is 6. The molecule has 1 aliphatic heterocycles. The number of nitrogens with one attached hydrogen (secondary N) is 1. The van der Waals surface area contributed by atoms with Crippen molar-refractivity contribution in [1.29, 1.82) is 0 Å². The van der Waals surface area contributed by atoms with Gasteiger partial charge in [-0.1, -0.05) is 37.0 Å². The Hall–Kier alpha value is -1.40. The van der Waals surface area contributed by atoms with E-state index in [1.807, 2.05) is 19.9 Å². The Morgan fingerprint density at radius 1 is 1.32 bits per heavy atom. The Morgan fingerprint density at radius 2 is 1.91 bits per heavy atom. The van der Waals surface area contributed by atoms with Crippen LogP contribution in [0.1, 0.15) is 13.8 Å². The summed E-state index contributed by atoms with van der Waals surface area (Å²) in [5, 5.41) is 2.79. The third-order valence-electron chi connectivity index (χ3n) is 2.61. The first-order chi connectivity index (χ1) is 10.6. The van der Waals surface area contributed by atoms with E-state index in [1.165, 1.54) is 6.20 Å². The lowest BCUT2D eigenvalue weighted by Gasteiger charge is -2.10. The normalized spacial score (nSPS) is 14.6. The van der Waals surface area contributed by atoms with Crippen LogP contribution in [0.4, 0.5) is 5.69 Å². The number of nitrogens with two attached hydrogens (primary N) is 2. The molecule has 1 heterocycles. The fourth-order valence-corrected chi connectivity index (χ4v) is 1.95. The topological polar surface area (TPSA) is 76.3 Å². The molecule has 22 heavy (non-hydrogen) atoms. The Labute approximate surface area is 141 Å². The van der Waals surface area contributed by atoms with Crippen molar-refractivity contribution in [2.24, 2.45) is 5.73 Å². The molecule has 1 fully saturated rings. The third-order valence-corrected chi connectivity index (χ3v) is 3.24. The molecule has 7 heteroatoms. The van der Waals surface area contributed by atoms with Crippen molar-refractivity contribution in [1.82, 2.24) is 10.4 Å². The van der Waals surface area contributed by atoms with Gasteiger partial charge in [0.1, 0.15) is 11.5 Å². The molecule has 122 valence electrons. The summed E-state index contributed by atoms with van der Waals surface area (Å²) in [6.45, 7) is 6.79. The second kappa shape index (κ2) is 9.58. The largest absolute Gasteiger partial charge is 0.457 e. The Balaban J connectivity index is 0.00000116. The van der Waals surface area contributed by atoms with Crippen molar-refractivity contribution < 1.29 is 4.74 Å². The summed E-state index contributed by atoms with van der Waals surface area (Å²) in [6.07, 6.45) is 4.94. The van der Waals surface area contributed by atoms with Crippen LogP contribution in [0.15, 0.2) is 36.2 Å². The molecule has 1 aromatic rings. The molecule has 1 aliphatic rings. The number of nitrogen functional groups attached to an aromatic ring is 1. The van der Waals surface area contributed by atoms with Gasteiger partial charge in [-0.05, 0) is 18.4 Å². The summed E-state index contributed by atoms with van der Waals surface area (Å²) >= 11 is 11.9. The maximum atomic E-state index is 5.96. The molecule has 0 spiro atoms. The van der Waals surface area contributed by atoms with E-state index in [4.69, 9.17) is 39.4 Å². The molecule has 0 aromatic heterocycles. The van der Waals surface area contributed by atoms with Crippen LogP contribution in [0.2, 0.25) is 10.0 Å². The van der Waals surface area contributed by atoms with Crippen LogP contribution in [0.5, 0.6) is 5.75 Å². The number of hydrogen-bond donors (Lipinski definition) is 3. The SMILES string of the molecule is CC.N/C=C\C(=C/CNN1CC1)Oc1cc(Cl)c(N)c(Cl)c1. The average Bonchev–Trinajstić information content (AvgIpc) is 3.31. The Morgan fingerprint density at radius 3 is 2.41 bits per heavy atom. The summed E-state index contributed by atoms with van der Waals surface area (Å²) in [5.41, 5.74) is 14.6. The smallest absolute Gasteiger partial charge is 0.130 e. The molecule has 1 saturated heterocycles. The van der Waals surface area contributed by atoms with Crippen LogP contribution in [0.3, 0.4) is 0 Å². The van der Waals surface area contributed by atoms with E-state index >= 15 is 0 Å². The van der Waals surface area contributed by atoms with Crippen LogP contribution in [-0.4, -0.2) is 24.6 Å². The summed E-state index contributed by atoms with van der Waals surface area (Å²) in [4.78, 5) is 0. The molecule has 5 nitrogen and oxygen atoms in total. The fraction of sp³-hybridized carbons (Fsp3) is 0.333. The average molecular weight is 345 g/mol.